The van der Waals surface area contributed by atoms with E-state index in [1.54, 1.807) is 0 Å². The Hall–Kier alpha value is -0.350. The third-order valence-corrected chi connectivity index (χ3v) is 3.38. The smallest absolute Gasteiger partial charge is 0.207 e. The van der Waals surface area contributed by atoms with Crippen LogP contribution >= 0.6 is 0 Å². The van der Waals surface area contributed by atoms with Crippen LogP contribution in [0.5, 0.6) is 0 Å². The van der Waals surface area contributed by atoms with Crippen molar-refractivity contribution in [1.82, 2.24) is 0 Å². The fourth-order valence-corrected chi connectivity index (χ4v) is 1.86. The maximum atomic E-state index is 12.4. The van der Waals surface area contributed by atoms with Crippen LogP contribution in [0.2, 0.25) is 0 Å². The van der Waals surface area contributed by atoms with E-state index in [-0.39, 0.29) is 32.1 Å². The summed E-state index contributed by atoms with van der Waals surface area (Å²) in [5.74, 6) is -3.47. The molecule has 0 spiro atoms. The molecule has 1 atom stereocenters. The highest BCUT2D eigenvalue weighted by Crippen LogP contribution is 2.63. The minimum Gasteiger partial charge on any atom is -0.207 e. The maximum absolute atomic E-state index is 12.4. The van der Waals surface area contributed by atoms with Crippen LogP contribution in [0.25, 0.3) is 0 Å². The first-order valence-electron chi connectivity index (χ1n) is 4.71. The molecule has 0 aromatic carbocycles. The number of hydrogen-bond donors (Lipinski definition) is 0. The Morgan fingerprint density at radius 3 is 1.93 bits per heavy atom. The first-order chi connectivity index (χ1) is 6.27. The van der Waals surface area contributed by atoms with Crippen molar-refractivity contribution in [1.29, 1.82) is 0 Å². The molecule has 0 radical (unpaired) electrons. The molecule has 0 aliphatic heterocycles. The first kappa shape index (κ1) is 10.2. The number of rotatable bonds is 3. The topological polar surface area (TPSA) is 0 Å². The molecule has 82 valence electrons. The van der Waals surface area contributed by atoms with Gasteiger partial charge in [0, 0.05) is 12.3 Å². The molecule has 0 N–H and O–H groups in total. The third kappa shape index (κ3) is 1.61. The van der Waals surface area contributed by atoms with Crippen LogP contribution in [-0.4, -0.2) is 12.1 Å². The molecule has 2 fully saturated rings. The molecule has 5 heteroatoms. The SMILES string of the molecule is FC1(F)CC1CCC1(C(F)(F)F)CC1. The lowest BCUT2D eigenvalue weighted by molar-refractivity contribution is -0.189. The first-order valence-corrected chi connectivity index (χ1v) is 4.71. The van der Waals surface area contributed by atoms with Crippen molar-refractivity contribution in [2.75, 3.05) is 0 Å². The van der Waals surface area contributed by atoms with E-state index in [1.807, 2.05) is 0 Å². The van der Waals surface area contributed by atoms with Crippen LogP contribution in [0.15, 0.2) is 0 Å². The van der Waals surface area contributed by atoms with Gasteiger partial charge >= 0.3 is 6.18 Å². The van der Waals surface area contributed by atoms with Crippen LogP contribution in [-0.2, 0) is 0 Å². The van der Waals surface area contributed by atoms with Gasteiger partial charge in [-0.05, 0) is 25.7 Å². The zero-order chi connectivity index (χ0) is 10.6. The van der Waals surface area contributed by atoms with Gasteiger partial charge in [0.05, 0.1) is 5.41 Å². The Labute approximate surface area is 78.5 Å². The van der Waals surface area contributed by atoms with E-state index in [0.29, 0.717) is 0 Å². The van der Waals surface area contributed by atoms with Gasteiger partial charge in [0.25, 0.3) is 5.92 Å². The average molecular weight is 214 g/mol. The van der Waals surface area contributed by atoms with Gasteiger partial charge in [-0.2, -0.15) is 13.2 Å². The quantitative estimate of drug-likeness (QED) is 0.627. The summed E-state index contributed by atoms with van der Waals surface area (Å²) in [6.45, 7) is 0. The molecular formula is C9H11F5. The van der Waals surface area contributed by atoms with Gasteiger partial charge in [0.2, 0.25) is 0 Å². The summed E-state index contributed by atoms with van der Waals surface area (Å²) < 4.78 is 61.9. The van der Waals surface area contributed by atoms with Gasteiger partial charge in [0.1, 0.15) is 0 Å². The minimum atomic E-state index is -4.20. The molecule has 2 rings (SSSR count). The van der Waals surface area contributed by atoms with Crippen LogP contribution < -0.4 is 0 Å². The summed E-state index contributed by atoms with van der Waals surface area (Å²) in [6.07, 6.45) is -4.27. The Morgan fingerprint density at radius 1 is 1.14 bits per heavy atom. The highest BCUT2D eigenvalue weighted by Gasteiger charge is 2.64. The van der Waals surface area contributed by atoms with E-state index < -0.39 is 23.4 Å². The summed E-state index contributed by atoms with van der Waals surface area (Å²) in [6, 6.07) is 0. The maximum Gasteiger partial charge on any atom is 0.394 e. The van der Waals surface area contributed by atoms with E-state index in [1.165, 1.54) is 0 Å². The van der Waals surface area contributed by atoms with Crippen LogP contribution in [0, 0.1) is 11.3 Å². The Bertz CT molecular complexity index is 238. The molecule has 14 heavy (non-hydrogen) atoms. The lowest BCUT2D eigenvalue weighted by atomic mass is 9.98. The lowest BCUT2D eigenvalue weighted by Gasteiger charge is -2.18. The van der Waals surface area contributed by atoms with Crippen LogP contribution in [0.3, 0.4) is 0 Å². The molecule has 2 saturated carbocycles. The summed E-state index contributed by atoms with van der Waals surface area (Å²) in [5.41, 5.74) is -1.61. The molecule has 0 amide bonds. The molecule has 1 unspecified atom stereocenters. The fraction of sp³-hybridized carbons (Fsp3) is 1.00. The van der Waals surface area contributed by atoms with Crippen molar-refractivity contribution in [3.05, 3.63) is 0 Å². The van der Waals surface area contributed by atoms with Gasteiger partial charge in [-0.1, -0.05) is 0 Å². The largest absolute Gasteiger partial charge is 0.394 e. The summed E-state index contributed by atoms with van der Waals surface area (Å²) in [4.78, 5) is 0. The molecule has 2 aliphatic rings. The van der Waals surface area contributed by atoms with Crippen molar-refractivity contribution in [2.24, 2.45) is 11.3 Å². The van der Waals surface area contributed by atoms with Crippen molar-refractivity contribution >= 4 is 0 Å². The van der Waals surface area contributed by atoms with E-state index >= 15 is 0 Å². The number of hydrogen-bond acceptors (Lipinski definition) is 0. The zero-order valence-corrected chi connectivity index (χ0v) is 7.50. The summed E-state index contributed by atoms with van der Waals surface area (Å²) in [5, 5.41) is 0. The molecule has 0 aromatic rings. The third-order valence-electron chi connectivity index (χ3n) is 3.38. The Balaban J connectivity index is 1.82. The monoisotopic (exact) mass is 214 g/mol. The van der Waals surface area contributed by atoms with E-state index in [9.17, 15) is 22.0 Å². The zero-order valence-electron chi connectivity index (χ0n) is 7.50. The Kier molecular flexibility index (Phi) is 1.90. The normalized spacial score (nSPS) is 32.8. The van der Waals surface area contributed by atoms with Gasteiger partial charge in [0.15, 0.2) is 0 Å². The highest BCUT2D eigenvalue weighted by molar-refractivity contribution is 5.02. The van der Waals surface area contributed by atoms with Crippen molar-refractivity contribution < 1.29 is 22.0 Å². The second-order valence-electron chi connectivity index (χ2n) is 4.48. The van der Waals surface area contributed by atoms with Crippen molar-refractivity contribution in [3.8, 4) is 0 Å². The standard InChI is InChI=1S/C9H11F5/c10-8(11)5-6(8)1-2-7(3-4-7)9(12,13)14/h6H,1-5H2. The van der Waals surface area contributed by atoms with Crippen LogP contribution in [0.1, 0.15) is 32.1 Å². The fourth-order valence-electron chi connectivity index (χ4n) is 1.86. The summed E-state index contributed by atoms with van der Waals surface area (Å²) >= 11 is 0. The predicted octanol–water partition coefficient (Wildman–Crippen LogP) is 3.76. The Morgan fingerprint density at radius 2 is 1.64 bits per heavy atom. The molecule has 0 nitrogen and oxygen atoms in total. The highest BCUT2D eigenvalue weighted by atomic mass is 19.4. The second kappa shape index (κ2) is 2.61. The van der Waals surface area contributed by atoms with E-state index in [2.05, 4.69) is 0 Å². The van der Waals surface area contributed by atoms with Crippen molar-refractivity contribution in [2.45, 2.75) is 44.2 Å². The average Bonchev–Trinajstić information content (AvgIpc) is 2.82. The lowest BCUT2D eigenvalue weighted by Crippen LogP contribution is -2.24. The van der Waals surface area contributed by atoms with Crippen molar-refractivity contribution in [3.63, 3.8) is 0 Å². The van der Waals surface area contributed by atoms with Crippen LogP contribution in [0.4, 0.5) is 22.0 Å². The molecule has 0 heterocycles. The number of halogens is 5. The molecule has 0 bridgehead atoms. The van der Waals surface area contributed by atoms with Gasteiger partial charge in [-0.3, -0.25) is 0 Å². The predicted molar refractivity (Wildman–Crippen MR) is 40.0 cm³/mol. The van der Waals surface area contributed by atoms with E-state index in [4.69, 9.17) is 0 Å². The van der Waals surface area contributed by atoms with E-state index in [0.717, 1.165) is 0 Å². The van der Waals surface area contributed by atoms with Gasteiger partial charge in [-0.15, -0.1) is 0 Å². The molecule has 0 aromatic heterocycles. The van der Waals surface area contributed by atoms with Gasteiger partial charge < -0.3 is 0 Å². The summed E-state index contributed by atoms with van der Waals surface area (Å²) in [7, 11) is 0. The second-order valence-corrected chi connectivity index (χ2v) is 4.48. The molecule has 0 saturated heterocycles. The molecule has 2 aliphatic carbocycles. The minimum absolute atomic E-state index is 0.0203. The van der Waals surface area contributed by atoms with Gasteiger partial charge in [-0.25, -0.2) is 8.78 Å². The molecular weight excluding hydrogens is 203 g/mol. The number of alkyl halides is 5.